The molecule has 2 N–H and O–H groups in total. The molecule has 5 nitrogen and oxygen atoms in total. The third kappa shape index (κ3) is 4.99. The molecule has 2 atom stereocenters. The van der Waals surface area contributed by atoms with Crippen LogP contribution in [-0.4, -0.2) is 21.1 Å². The van der Waals surface area contributed by atoms with Crippen molar-refractivity contribution < 1.29 is 4.79 Å². The largest absolute Gasteiger partial charge is 0.349 e. The van der Waals surface area contributed by atoms with E-state index in [9.17, 15) is 9.59 Å². The van der Waals surface area contributed by atoms with Crippen molar-refractivity contribution in [3.05, 3.63) is 56.4 Å². The number of thioether (sulfide) groups is 1. The molecule has 0 saturated carbocycles. The van der Waals surface area contributed by atoms with Crippen LogP contribution in [0.5, 0.6) is 0 Å². The highest BCUT2D eigenvalue weighted by molar-refractivity contribution is 8.00. The predicted molar refractivity (Wildman–Crippen MR) is 93.2 cm³/mol. The number of halogens is 2. The number of carbonyl (C=O) groups is 1. The molecule has 0 fully saturated rings. The van der Waals surface area contributed by atoms with E-state index in [4.69, 9.17) is 23.2 Å². The first-order valence-electron chi connectivity index (χ1n) is 6.84. The zero-order chi connectivity index (χ0) is 17.0. The molecule has 122 valence electrons. The molecule has 23 heavy (non-hydrogen) atoms. The summed E-state index contributed by atoms with van der Waals surface area (Å²) >= 11 is 13.2. The van der Waals surface area contributed by atoms with E-state index < -0.39 is 5.25 Å². The summed E-state index contributed by atoms with van der Waals surface area (Å²) in [4.78, 5) is 30.1. The summed E-state index contributed by atoms with van der Waals surface area (Å²) in [5, 5.41) is 3.90. The van der Waals surface area contributed by atoms with Crippen molar-refractivity contribution in [2.24, 2.45) is 0 Å². The normalized spacial score (nSPS) is 13.4. The van der Waals surface area contributed by atoms with Gasteiger partial charge in [0.25, 0.3) is 5.56 Å². The Kier molecular flexibility index (Phi) is 6.10. The van der Waals surface area contributed by atoms with Gasteiger partial charge in [0, 0.05) is 22.3 Å². The van der Waals surface area contributed by atoms with Crippen LogP contribution < -0.4 is 10.9 Å². The molecule has 1 heterocycles. The minimum atomic E-state index is -0.422. The van der Waals surface area contributed by atoms with Crippen LogP contribution >= 0.6 is 35.0 Å². The number of H-pyrrole nitrogens is 1. The molecule has 0 aliphatic rings. The minimum Gasteiger partial charge on any atom is -0.349 e. The highest BCUT2D eigenvalue weighted by atomic mass is 35.5. The van der Waals surface area contributed by atoms with E-state index in [1.807, 2.05) is 6.92 Å². The summed E-state index contributed by atoms with van der Waals surface area (Å²) in [5.74, 6) is -0.181. The SMILES string of the molecule is C[C@H](Sc1nccc(=O)[nH]1)C(=O)N[C@@H](C)c1ccc(Cl)cc1Cl. The summed E-state index contributed by atoms with van der Waals surface area (Å²) < 4.78 is 0. The van der Waals surface area contributed by atoms with E-state index in [0.29, 0.717) is 15.2 Å². The van der Waals surface area contributed by atoms with Gasteiger partial charge in [-0.2, -0.15) is 0 Å². The standard InChI is InChI=1S/C15H15Cl2N3O2S/c1-8(11-4-3-10(16)7-12(11)17)19-14(22)9(2)23-15-18-6-5-13(21)20-15/h3-9H,1-2H3,(H,19,22)(H,18,20,21)/t8-,9-/m0/s1. The van der Waals surface area contributed by atoms with E-state index in [0.717, 1.165) is 5.56 Å². The minimum absolute atomic E-state index is 0.181. The number of hydrogen-bond acceptors (Lipinski definition) is 4. The number of benzene rings is 1. The highest BCUT2D eigenvalue weighted by Crippen LogP contribution is 2.26. The quantitative estimate of drug-likeness (QED) is 0.623. The number of nitrogens with one attached hydrogen (secondary N) is 2. The molecule has 0 radical (unpaired) electrons. The average Bonchev–Trinajstić information content (AvgIpc) is 2.46. The number of nitrogens with zero attached hydrogens (tertiary/aromatic N) is 1. The molecule has 2 aromatic rings. The Labute approximate surface area is 147 Å². The molecule has 8 heteroatoms. The van der Waals surface area contributed by atoms with Gasteiger partial charge in [0.1, 0.15) is 0 Å². The van der Waals surface area contributed by atoms with Crippen LogP contribution in [0.3, 0.4) is 0 Å². The van der Waals surface area contributed by atoms with Crippen molar-refractivity contribution in [2.45, 2.75) is 30.3 Å². The van der Waals surface area contributed by atoms with Crippen molar-refractivity contribution in [1.29, 1.82) is 0 Å². The summed E-state index contributed by atoms with van der Waals surface area (Å²) in [6.07, 6.45) is 1.40. The molecule has 0 spiro atoms. The molecular formula is C15H15Cl2N3O2S. The van der Waals surface area contributed by atoms with Gasteiger partial charge in [0.2, 0.25) is 5.91 Å². The monoisotopic (exact) mass is 371 g/mol. The van der Waals surface area contributed by atoms with Crippen LogP contribution in [0.1, 0.15) is 25.5 Å². The van der Waals surface area contributed by atoms with Crippen LogP contribution in [0.4, 0.5) is 0 Å². The van der Waals surface area contributed by atoms with E-state index >= 15 is 0 Å². The zero-order valence-electron chi connectivity index (χ0n) is 12.5. The Morgan fingerprint density at radius 2 is 2.04 bits per heavy atom. The maximum atomic E-state index is 12.3. The summed E-state index contributed by atoms with van der Waals surface area (Å²) in [7, 11) is 0. The van der Waals surface area contributed by atoms with Crippen molar-refractivity contribution in [2.75, 3.05) is 0 Å². The van der Waals surface area contributed by atoms with Crippen LogP contribution in [0.15, 0.2) is 40.4 Å². The molecule has 0 aliphatic heterocycles. The Balaban J connectivity index is 2.01. The average molecular weight is 372 g/mol. The third-order valence-corrected chi connectivity index (χ3v) is 4.65. The first-order chi connectivity index (χ1) is 10.9. The number of aromatic nitrogens is 2. The first kappa shape index (κ1) is 17.8. The lowest BCUT2D eigenvalue weighted by Gasteiger charge is -2.18. The van der Waals surface area contributed by atoms with Crippen molar-refractivity contribution >= 4 is 40.9 Å². The maximum Gasteiger partial charge on any atom is 0.251 e. The van der Waals surface area contributed by atoms with Crippen LogP contribution in [0.25, 0.3) is 0 Å². The van der Waals surface area contributed by atoms with Gasteiger partial charge in [-0.25, -0.2) is 4.98 Å². The summed E-state index contributed by atoms with van der Waals surface area (Å²) in [6.45, 7) is 3.58. The second kappa shape index (κ2) is 7.86. The maximum absolute atomic E-state index is 12.3. The Bertz CT molecular complexity index is 766. The highest BCUT2D eigenvalue weighted by Gasteiger charge is 2.19. The number of hydrogen-bond donors (Lipinski definition) is 2. The lowest BCUT2D eigenvalue weighted by Crippen LogP contribution is -2.33. The van der Waals surface area contributed by atoms with Gasteiger partial charge in [-0.15, -0.1) is 0 Å². The van der Waals surface area contributed by atoms with E-state index in [1.165, 1.54) is 24.0 Å². The molecule has 1 amide bonds. The molecule has 0 unspecified atom stereocenters. The fourth-order valence-electron chi connectivity index (χ4n) is 1.89. The van der Waals surface area contributed by atoms with Gasteiger partial charge in [-0.1, -0.05) is 41.0 Å². The Hall–Kier alpha value is -1.50. The molecule has 1 aromatic heterocycles. The molecule has 0 bridgehead atoms. The van der Waals surface area contributed by atoms with Gasteiger partial charge in [-0.05, 0) is 31.5 Å². The van der Waals surface area contributed by atoms with Crippen LogP contribution in [0.2, 0.25) is 10.0 Å². The second-order valence-electron chi connectivity index (χ2n) is 4.90. The van der Waals surface area contributed by atoms with Crippen LogP contribution in [-0.2, 0) is 4.79 Å². The molecule has 0 aliphatic carbocycles. The van der Waals surface area contributed by atoms with Gasteiger partial charge in [0.15, 0.2) is 5.16 Å². The molecule has 0 saturated heterocycles. The smallest absolute Gasteiger partial charge is 0.251 e. The molecular weight excluding hydrogens is 357 g/mol. The molecule has 2 rings (SSSR count). The van der Waals surface area contributed by atoms with Gasteiger partial charge in [0.05, 0.1) is 11.3 Å². The van der Waals surface area contributed by atoms with Gasteiger partial charge in [-0.3, -0.25) is 9.59 Å². The van der Waals surface area contributed by atoms with Crippen molar-refractivity contribution in [1.82, 2.24) is 15.3 Å². The zero-order valence-corrected chi connectivity index (χ0v) is 14.8. The predicted octanol–water partition coefficient (Wildman–Crippen LogP) is 3.43. The van der Waals surface area contributed by atoms with E-state index in [-0.39, 0.29) is 17.5 Å². The number of carbonyl (C=O) groups excluding carboxylic acids is 1. The van der Waals surface area contributed by atoms with E-state index in [1.54, 1.807) is 25.1 Å². The first-order valence-corrected chi connectivity index (χ1v) is 8.47. The number of amides is 1. The Morgan fingerprint density at radius 1 is 1.30 bits per heavy atom. The molecule has 1 aromatic carbocycles. The summed E-state index contributed by atoms with van der Waals surface area (Å²) in [5.41, 5.74) is 0.532. The second-order valence-corrected chi connectivity index (χ2v) is 7.07. The van der Waals surface area contributed by atoms with Crippen molar-refractivity contribution in [3.63, 3.8) is 0 Å². The summed E-state index contributed by atoms with van der Waals surface area (Å²) in [6, 6.07) is 6.20. The van der Waals surface area contributed by atoms with Gasteiger partial charge >= 0.3 is 0 Å². The lowest BCUT2D eigenvalue weighted by atomic mass is 10.1. The Morgan fingerprint density at radius 3 is 2.70 bits per heavy atom. The van der Waals surface area contributed by atoms with Crippen molar-refractivity contribution in [3.8, 4) is 0 Å². The number of aromatic amines is 1. The fourth-order valence-corrected chi connectivity index (χ4v) is 3.26. The fraction of sp³-hybridized carbons (Fsp3) is 0.267. The topological polar surface area (TPSA) is 74.8 Å². The third-order valence-electron chi connectivity index (χ3n) is 3.09. The van der Waals surface area contributed by atoms with Crippen LogP contribution in [0, 0.1) is 0 Å². The lowest BCUT2D eigenvalue weighted by molar-refractivity contribution is -0.120. The van der Waals surface area contributed by atoms with Gasteiger partial charge < -0.3 is 10.3 Å². The number of rotatable bonds is 5. The van der Waals surface area contributed by atoms with E-state index in [2.05, 4.69) is 15.3 Å².